The van der Waals surface area contributed by atoms with E-state index in [2.05, 4.69) is 5.32 Å². The maximum Gasteiger partial charge on any atom is 0.223 e. The molecule has 2 amide bonds. The Hall–Kier alpha value is -1.95. The number of rotatable bonds is 5. The van der Waals surface area contributed by atoms with Crippen LogP contribution in [0.25, 0.3) is 0 Å². The molecule has 3 atom stereocenters. The number of fused-ring (bicyclic) bond motifs is 1. The Morgan fingerprint density at radius 1 is 1.18 bits per heavy atom. The number of aryl methyl sites for hydroxylation is 1. The van der Waals surface area contributed by atoms with Gasteiger partial charge in [-0.3, -0.25) is 9.59 Å². The minimum absolute atomic E-state index is 0.0129. The largest absolute Gasteiger partial charge is 0.374 e. The van der Waals surface area contributed by atoms with Gasteiger partial charge in [0.25, 0.3) is 0 Å². The summed E-state index contributed by atoms with van der Waals surface area (Å²) in [6.07, 6.45) is 6.32. The highest BCUT2D eigenvalue weighted by molar-refractivity contribution is 5.80. The summed E-state index contributed by atoms with van der Waals surface area (Å²) in [5, 5.41) is 3.15. The highest BCUT2D eigenvalue weighted by Crippen LogP contribution is 2.33. The van der Waals surface area contributed by atoms with Crippen molar-refractivity contribution in [3.63, 3.8) is 0 Å². The lowest BCUT2D eigenvalue weighted by Crippen LogP contribution is -2.57. The molecular formula is C22H29FN2O3. The maximum atomic E-state index is 13.8. The van der Waals surface area contributed by atoms with Crippen LogP contribution < -0.4 is 5.32 Å². The zero-order chi connectivity index (χ0) is 19.5. The number of carbonyl (C=O) groups is 2. The molecule has 4 rings (SSSR count). The lowest BCUT2D eigenvalue weighted by Gasteiger charge is -2.46. The van der Waals surface area contributed by atoms with E-state index < -0.39 is 0 Å². The van der Waals surface area contributed by atoms with E-state index in [0.717, 1.165) is 25.7 Å². The van der Waals surface area contributed by atoms with E-state index in [-0.39, 0.29) is 42.1 Å². The van der Waals surface area contributed by atoms with Crippen LogP contribution in [-0.4, -0.2) is 48.1 Å². The fraction of sp³-hybridized carbons (Fsp3) is 0.636. The molecule has 2 aliphatic carbocycles. The second-order valence-corrected chi connectivity index (χ2v) is 8.30. The molecule has 0 unspecified atom stereocenters. The minimum atomic E-state index is -0.263. The molecule has 6 heteroatoms. The zero-order valence-electron chi connectivity index (χ0n) is 16.2. The van der Waals surface area contributed by atoms with E-state index in [0.29, 0.717) is 37.6 Å². The van der Waals surface area contributed by atoms with E-state index in [1.807, 2.05) is 4.90 Å². The van der Waals surface area contributed by atoms with Crippen LogP contribution in [0.5, 0.6) is 0 Å². The first kappa shape index (κ1) is 19.4. The van der Waals surface area contributed by atoms with Crippen molar-refractivity contribution in [2.75, 3.05) is 13.2 Å². The minimum Gasteiger partial charge on any atom is -0.374 e. The van der Waals surface area contributed by atoms with Crippen LogP contribution >= 0.6 is 0 Å². The zero-order valence-corrected chi connectivity index (χ0v) is 16.2. The van der Waals surface area contributed by atoms with Gasteiger partial charge in [0.1, 0.15) is 5.82 Å². The molecule has 1 heterocycles. The van der Waals surface area contributed by atoms with Gasteiger partial charge < -0.3 is 15.0 Å². The average Bonchev–Trinajstić information content (AvgIpc) is 2.68. The van der Waals surface area contributed by atoms with Gasteiger partial charge in [-0.25, -0.2) is 4.39 Å². The van der Waals surface area contributed by atoms with Crippen LogP contribution in [0.4, 0.5) is 4.39 Å². The van der Waals surface area contributed by atoms with Gasteiger partial charge in [0.05, 0.1) is 18.8 Å². The Labute approximate surface area is 165 Å². The maximum absolute atomic E-state index is 13.8. The lowest BCUT2D eigenvalue weighted by molar-refractivity contribution is -0.154. The van der Waals surface area contributed by atoms with Crippen molar-refractivity contribution in [2.45, 2.75) is 69.6 Å². The molecule has 0 spiro atoms. The molecule has 0 radical (unpaired) electrons. The van der Waals surface area contributed by atoms with Gasteiger partial charge in [0.15, 0.2) is 0 Å². The third-order valence-electron chi connectivity index (χ3n) is 6.53. The number of hydrogen-bond donors (Lipinski definition) is 1. The Morgan fingerprint density at radius 3 is 2.75 bits per heavy atom. The molecule has 3 aliphatic rings. The van der Waals surface area contributed by atoms with Crippen LogP contribution in [0, 0.1) is 11.7 Å². The number of amides is 2. The molecule has 3 fully saturated rings. The van der Waals surface area contributed by atoms with E-state index in [9.17, 15) is 14.0 Å². The molecule has 5 nitrogen and oxygen atoms in total. The first-order valence-electron chi connectivity index (χ1n) is 10.6. The van der Waals surface area contributed by atoms with Crippen LogP contribution in [-0.2, 0) is 20.7 Å². The summed E-state index contributed by atoms with van der Waals surface area (Å²) in [5.74, 6) is -0.153. The Bertz CT molecular complexity index is 721. The quantitative estimate of drug-likeness (QED) is 0.844. The number of nitrogens with zero attached hydrogens (tertiary/aromatic N) is 1. The van der Waals surface area contributed by atoms with Crippen molar-refractivity contribution < 1.29 is 18.7 Å². The van der Waals surface area contributed by atoms with E-state index >= 15 is 0 Å². The van der Waals surface area contributed by atoms with Gasteiger partial charge in [-0.05, 0) is 56.6 Å². The first-order chi connectivity index (χ1) is 13.6. The van der Waals surface area contributed by atoms with E-state index in [1.54, 1.807) is 18.2 Å². The van der Waals surface area contributed by atoms with Gasteiger partial charge in [0.2, 0.25) is 11.8 Å². The van der Waals surface area contributed by atoms with Crippen molar-refractivity contribution in [1.29, 1.82) is 0 Å². The second kappa shape index (κ2) is 8.60. The predicted molar refractivity (Wildman–Crippen MR) is 103 cm³/mol. The number of carbonyl (C=O) groups excluding carboxylic acids is 2. The van der Waals surface area contributed by atoms with Crippen molar-refractivity contribution in [2.24, 2.45) is 5.92 Å². The molecule has 0 bridgehead atoms. The number of nitrogens with one attached hydrogen (secondary N) is 1. The van der Waals surface area contributed by atoms with Crippen molar-refractivity contribution in [3.8, 4) is 0 Å². The molecule has 1 aromatic carbocycles. The van der Waals surface area contributed by atoms with Crippen LogP contribution in [0.15, 0.2) is 24.3 Å². The number of morpholine rings is 1. The normalized spacial score (nSPS) is 27.6. The topological polar surface area (TPSA) is 58.6 Å². The Balaban J connectivity index is 1.36. The summed E-state index contributed by atoms with van der Waals surface area (Å²) >= 11 is 0. The molecule has 1 aliphatic heterocycles. The molecule has 0 aromatic heterocycles. The predicted octanol–water partition coefficient (Wildman–Crippen LogP) is 2.82. The van der Waals surface area contributed by atoms with Gasteiger partial charge >= 0.3 is 0 Å². The number of hydrogen-bond acceptors (Lipinski definition) is 3. The third kappa shape index (κ3) is 4.22. The number of halogens is 1. The SMILES string of the molecule is O=C(NC1CCC1)[C@H]1CC[C@H]2OCCN(C(=O)CCc3ccccc3F)[C@@H]2C1. The average molecular weight is 388 g/mol. The lowest BCUT2D eigenvalue weighted by atomic mass is 9.81. The smallest absolute Gasteiger partial charge is 0.223 e. The third-order valence-corrected chi connectivity index (χ3v) is 6.53. The summed E-state index contributed by atoms with van der Waals surface area (Å²) < 4.78 is 19.7. The number of benzene rings is 1. The summed E-state index contributed by atoms with van der Waals surface area (Å²) in [7, 11) is 0. The molecule has 1 saturated heterocycles. The fourth-order valence-electron chi connectivity index (χ4n) is 4.62. The van der Waals surface area contributed by atoms with E-state index in [4.69, 9.17) is 4.74 Å². The standard InChI is InChI=1S/C22H29FN2O3/c23-18-7-2-1-4-15(18)9-11-21(26)25-12-13-28-20-10-8-16(14-19(20)25)22(27)24-17-5-3-6-17/h1-2,4,7,16-17,19-20H,3,5-6,8-14H2,(H,24,27)/t16-,19+,20+/m0/s1. The summed E-state index contributed by atoms with van der Waals surface area (Å²) in [5.41, 5.74) is 0.571. The highest BCUT2D eigenvalue weighted by Gasteiger charge is 2.41. The van der Waals surface area contributed by atoms with Gasteiger partial charge in [-0.1, -0.05) is 18.2 Å². The highest BCUT2D eigenvalue weighted by atomic mass is 19.1. The summed E-state index contributed by atoms with van der Waals surface area (Å²) in [6.45, 7) is 1.08. The van der Waals surface area contributed by atoms with E-state index in [1.165, 1.54) is 12.5 Å². The number of ether oxygens (including phenoxy) is 1. The molecule has 1 N–H and O–H groups in total. The van der Waals surface area contributed by atoms with Crippen molar-refractivity contribution in [1.82, 2.24) is 10.2 Å². The Morgan fingerprint density at radius 2 is 2.00 bits per heavy atom. The van der Waals surface area contributed by atoms with Crippen LogP contribution in [0.3, 0.4) is 0 Å². The molecule has 152 valence electrons. The molecule has 1 aromatic rings. The van der Waals surface area contributed by atoms with Gasteiger partial charge in [0, 0.05) is 24.9 Å². The molecule has 2 saturated carbocycles. The summed E-state index contributed by atoms with van der Waals surface area (Å²) in [6, 6.07) is 6.90. The van der Waals surface area contributed by atoms with Crippen molar-refractivity contribution in [3.05, 3.63) is 35.6 Å². The fourth-order valence-corrected chi connectivity index (χ4v) is 4.62. The second-order valence-electron chi connectivity index (χ2n) is 8.30. The van der Waals surface area contributed by atoms with Gasteiger partial charge in [-0.2, -0.15) is 0 Å². The summed E-state index contributed by atoms with van der Waals surface area (Å²) in [4.78, 5) is 27.4. The molecule has 28 heavy (non-hydrogen) atoms. The monoisotopic (exact) mass is 388 g/mol. The van der Waals surface area contributed by atoms with Gasteiger partial charge in [-0.15, -0.1) is 0 Å². The first-order valence-corrected chi connectivity index (χ1v) is 10.6. The Kier molecular flexibility index (Phi) is 5.95. The van der Waals surface area contributed by atoms with Crippen molar-refractivity contribution >= 4 is 11.8 Å². The van der Waals surface area contributed by atoms with Crippen LogP contribution in [0.1, 0.15) is 50.5 Å². The van der Waals surface area contributed by atoms with Crippen LogP contribution in [0.2, 0.25) is 0 Å². The molecular weight excluding hydrogens is 359 g/mol.